The van der Waals surface area contributed by atoms with E-state index in [0.717, 1.165) is 23.8 Å². The van der Waals surface area contributed by atoms with E-state index >= 15 is 0 Å². The van der Waals surface area contributed by atoms with E-state index in [4.69, 9.17) is 22.1 Å². The van der Waals surface area contributed by atoms with Gasteiger partial charge in [0.2, 0.25) is 5.95 Å². The first-order valence-corrected chi connectivity index (χ1v) is 8.31. The van der Waals surface area contributed by atoms with Crippen molar-refractivity contribution in [3.63, 3.8) is 0 Å². The number of hydrogen-bond donors (Lipinski definition) is 1. The van der Waals surface area contributed by atoms with Crippen molar-refractivity contribution in [3.05, 3.63) is 17.5 Å². The van der Waals surface area contributed by atoms with E-state index in [-0.39, 0.29) is 5.95 Å². The first kappa shape index (κ1) is 15.3. The summed E-state index contributed by atoms with van der Waals surface area (Å²) in [6, 6.07) is 0. The lowest BCUT2D eigenvalue weighted by atomic mass is 10.3. The lowest BCUT2D eigenvalue weighted by molar-refractivity contribution is 0.122. The number of anilines is 2. The Kier molecular flexibility index (Phi) is 4.60. The number of aromatic nitrogens is 4. The standard InChI is InChI=1S/C13H15ClN6OS/c1-22-9-10(14)18-11(8-6-16-13(15)17-7-8)19-12(9)20-2-4-21-5-3-20/h6-7H,2-5H2,1H3,(H2,15,16,17). The van der Waals surface area contributed by atoms with Crippen molar-refractivity contribution >= 4 is 35.1 Å². The molecule has 9 heteroatoms. The molecule has 1 aliphatic rings. The van der Waals surface area contributed by atoms with E-state index in [1.165, 1.54) is 11.8 Å². The zero-order valence-electron chi connectivity index (χ0n) is 12.0. The molecule has 2 aromatic heterocycles. The third-order valence-corrected chi connectivity index (χ3v) is 4.42. The lowest BCUT2D eigenvalue weighted by Gasteiger charge is -2.29. The summed E-state index contributed by atoms with van der Waals surface area (Å²) >= 11 is 7.87. The molecule has 0 aromatic carbocycles. The molecule has 3 heterocycles. The van der Waals surface area contributed by atoms with Crippen molar-refractivity contribution in [3.8, 4) is 11.4 Å². The van der Waals surface area contributed by atoms with Crippen molar-refractivity contribution in [1.82, 2.24) is 19.9 Å². The molecule has 1 aliphatic heterocycles. The first-order chi connectivity index (χ1) is 10.7. The fourth-order valence-electron chi connectivity index (χ4n) is 2.16. The van der Waals surface area contributed by atoms with Gasteiger partial charge in [0.05, 0.1) is 23.7 Å². The van der Waals surface area contributed by atoms with Crippen LogP contribution in [0.3, 0.4) is 0 Å². The number of ether oxygens (including phenoxy) is 1. The van der Waals surface area contributed by atoms with Gasteiger partial charge in [-0.25, -0.2) is 19.9 Å². The lowest BCUT2D eigenvalue weighted by Crippen LogP contribution is -2.37. The Bertz CT molecular complexity index is 662. The van der Waals surface area contributed by atoms with Crippen LogP contribution in [0.25, 0.3) is 11.4 Å². The van der Waals surface area contributed by atoms with E-state index in [1.54, 1.807) is 12.4 Å². The van der Waals surface area contributed by atoms with Gasteiger partial charge in [0.1, 0.15) is 11.0 Å². The maximum absolute atomic E-state index is 6.34. The van der Waals surface area contributed by atoms with E-state index in [2.05, 4.69) is 24.8 Å². The maximum Gasteiger partial charge on any atom is 0.219 e. The molecule has 0 saturated carbocycles. The van der Waals surface area contributed by atoms with Crippen molar-refractivity contribution in [1.29, 1.82) is 0 Å². The second kappa shape index (κ2) is 6.64. The summed E-state index contributed by atoms with van der Waals surface area (Å²) in [5, 5.41) is 0.427. The highest BCUT2D eigenvalue weighted by Gasteiger charge is 2.21. The predicted octanol–water partition coefficient (Wildman–Crippen LogP) is 1.73. The number of hydrogen-bond acceptors (Lipinski definition) is 8. The Labute approximate surface area is 137 Å². The van der Waals surface area contributed by atoms with Gasteiger partial charge in [-0.3, -0.25) is 0 Å². The summed E-state index contributed by atoms with van der Waals surface area (Å²) < 4.78 is 5.39. The molecule has 0 amide bonds. The van der Waals surface area contributed by atoms with Crippen LogP contribution in [0.15, 0.2) is 17.3 Å². The largest absolute Gasteiger partial charge is 0.378 e. The van der Waals surface area contributed by atoms with Gasteiger partial charge in [-0.05, 0) is 6.26 Å². The molecule has 22 heavy (non-hydrogen) atoms. The average molecular weight is 339 g/mol. The van der Waals surface area contributed by atoms with Crippen LogP contribution in [0.2, 0.25) is 5.15 Å². The molecule has 7 nitrogen and oxygen atoms in total. The van der Waals surface area contributed by atoms with Crippen LogP contribution >= 0.6 is 23.4 Å². The molecule has 116 valence electrons. The number of rotatable bonds is 3. The molecule has 2 N–H and O–H groups in total. The molecule has 0 bridgehead atoms. The van der Waals surface area contributed by atoms with Crippen molar-refractivity contribution in [2.75, 3.05) is 43.2 Å². The summed E-state index contributed by atoms with van der Waals surface area (Å²) in [6.07, 6.45) is 5.15. The van der Waals surface area contributed by atoms with E-state index < -0.39 is 0 Å². The molecular weight excluding hydrogens is 324 g/mol. The van der Waals surface area contributed by atoms with Gasteiger partial charge in [0, 0.05) is 25.5 Å². The molecule has 0 radical (unpaired) electrons. The van der Waals surface area contributed by atoms with E-state index in [1.807, 2.05) is 6.26 Å². The van der Waals surface area contributed by atoms with Gasteiger partial charge in [-0.15, -0.1) is 11.8 Å². The van der Waals surface area contributed by atoms with Crippen LogP contribution in [0.5, 0.6) is 0 Å². The minimum absolute atomic E-state index is 0.212. The number of nitrogens with two attached hydrogens (primary N) is 1. The fraction of sp³-hybridized carbons (Fsp3) is 0.385. The van der Waals surface area contributed by atoms with Gasteiger partial charge in [0.25, 0.3) is 0 Å². The highest BCUT2D eigenvalue weighted by molar-refractivity contribution is 7.98. The Balaban J connectivity index is 2.05. The quantitative estimate of drug-likeness (QED) is 0.668. The van der Waals surface area contributed by atoms with E-state index in [9.17, 15) is 0 Å². The van der Waals surface area contributed by atoms with Gasteiger partial charge >= 0.3 is 0 Å². The van der Waals surface area contributed by atoms with E-state index in [0.29, 0.717) is 29.8 Å². The number of morpholine rings is 1. The smallest absolute Gasteiger partial charge is 0.219 e. The molecule has 0 unspecified atom stereocenters. The molecule has 0 aliphatic carbocycles. The Morgan fingerprint density at radius 2 is 1.91 bits per heavy atom. The van der Waals surface area contributed by atoms with Crippen molar-refractivity contribution in [2.24, 2.45) is 0 Å². The number of nitrogens with zero attached hydrogens (tertiary/aromatic N) is 5. The topological polar surface area (TPSA) is 90.0 Å². The zero-order chi connectivity index (χ0) is 15.5. The monoisotopic (exact) mass is 338 g/mol. The Morgan fingerprint density at radius 1 is 1.23 bits per heavy atom. The highest BCUT2D eigenvalue weighted by atomic mass is 35.5. The number of halogens is 1. The van der Waals surface area contributed by atoms with Crippen molar-refractivity contribution < 1.29 is 4.74 Å². The van der Waals surface area contributed by atoms with Crippen LogP contribution in [0.4, 0.5) is 11.8 Å². The Hall–Kier alpha value is -1.64. The zero-order valence-corrected chi connectivity index (χ0v) is 13.6. The average Bonchev–Trinajstić information content (AvgIpc) is 2.55. The van der Waals surface area contributed by atoms with Crippen LogP contribution < -0.4 is 10.6 Å². The van der Waals surface area contributed by atoms with Gasteiger partial charge in [-0.2, -0.15) is 0 Å². The van der Waals surface area contributed by atoms with Gasteiger partial charge < -0.3 is 15.4 Å². The predicted molar refractivity (Wildman–Crippen MR) is 87.3 cm³/mol. The van der Waals surface area contributed by atoms with Gasteiger partial charge in [-0.1, -0.05) is 11.6 Å². The highest BCUT2D eigenvalue weighted by Crippen LogP contribution is 2.34. The second-order valence-corrected chi connectivity index (χ2v) is 5.80. The third-order valence-electron chi connectivity index (χ3n) is 3.25. The minimum atomic E-state index is 0.212. The SMILES string of the molecule is CSc1c(Cl)nc(-c2cnc(N)nc2)nc1N1CCOCC1. The summed E-state index contributed by atoms with van der Waals surface area (Å²) in [6.45, 7) is 2.91. The molecular formula is C13H15ClN6OS. The minimum Gasteiger partial charge on any atom is -0.378 e. The molecule has 0 spiro atoms. The fourth-order valence-corrected chi connectivity index (χ4v) is 3.13. The maximum atomic E-state index is 6.34. The molecule has 1 fully saturated rings. The third kappa shape index (κ3) is 3.08. The van der Waals surface area contributed by atoms with Crippen LogP contribution in [-0.4, -0.2) is 52.5 Å². The summed E-state index contributed by atoms with van der Waals surface area (Å²) in [7, 11) is 0. The first-order valence-electron chi connectivity index (χ1n) is 6.71. The van der Waals surface area contributed by atoms with Crippen LogP contribution in [0, 0.1) is 0 Å². The Morgan fingerprint density at radius 3 is 2.55 bits per heavy atom. The summed E-state index contributed by atoms with van der Waals surface area (Å²) in [5.41, 5.74) is 6.19. The second-order valence-electron chi connectivity index (χ2n) is 4.62. The molecule has 2 aromatic rings. The van der Waals surface area contributed by atoms with Gasteiger partial charge in [0.15, 0.2) is 5.82 Å². The molecule has 3 rings (SSSR count). The number of nitrogen functional groups attached to an aromatic ring is 1. The number of thioether (sulfide) groups is 1. The van der Waals surface area contributed by atoms with Crippen LogP contribution in [-0.2, 0) is 4.74 Å². The van der Waals surface area contributed by atoms with Crippen molar-refractivity contribution in [2.45, 2.75) is 4.90 Å². The molecule has 1 saturated heterocycles. The summed E-state index contributed by atoms with van der Waals surface area (Å²) in [5.74, 6) is 1.52. The molecule has 0 atom stereocenters. The summed E-state index contributed by atoms with van der Waals surface area (Å²) in [4.78, 5) is 20.0. The van der Waals surface area contributed by atoms with Crippen LogP contribution in [0.1, 0.15) is 0 Å². The normalized spacial score (nSPS) is 15.1.